The minimum atomic E-state index is -0.0308. The van der Waals surface area contributed by atoms with Crippen LogP contribution in [0.3, 0.4) is 0 Å². The predicted octanol–water partition coefficient (Wildman–Crippen LogP) is 2.49. The molecule has 0 atom stereocenters. The zero-order chi connectivity index (χ0) is 16.2. The number of amides is 1. The molecule has 0 aliphatic carbocycles. The van der Waals surface area contributed by atoms with E-state index in [-0.39, 0.29) is 18.3 Å². The molecule has 3 rings (SSSR count). The number of nitrogens with zero attached hydrogens (tertiary/aromatic N) is 2. The summed E-state index contributed by atoms with van der Waals surface area (Å²) in [7, 11) is 0. The number of benzene rings is 1. The summed E-state index contributed by atoms with van der Waals surface area (Å²) in [5.41, 5.74) is 1.40. The standard InChI is InChI=1S/C18H24N2O3/c1-2-5-16(21)14-6-7-17-15(12-14)20(18(22)13-23-17)11-10-19-8-3-4-9-19/h6-7,12H,2-5,8-11,13H2,1H3. The van der Waals surface area contributed by atoms with E-state index in [1.165, 1.54) is 12.8 Å². The Morgan fingerprint density at radius 3 is 2.74 bits per heavy atom. The van der Waals surface area contributed by atoms with Gasteiger partial charge in [-0.15, -0.1) is 0 Å². The van der Waals surface area contributed by atoms with Crippen molar-refractivity contribution < 1.29 is 14.3 Å². The van der Waals surface area contributed by atoms with Crippen LogP contribution in [0.4, 0.5) is 5.69 Å². The number of ether oxygens (including phenoxy) is 1. The minimum absolute atomic E-state index is 0.0308. The number of hydrogen-bond acceptors (Lipinski definition) is 4. The third kappa shape index (κ3) is 3.55. The molecule has 5 nitrogen and oxygen atoms in total. The molecule has 0 N–H and O–H groups in total. The van der Waals surface area contributed by atoms with E-state index in [1.54, 1.807) is 11.0 Å². The predicted molar refractivity (Wildman–Crippen MR) is 89.2 cm³/mol. The van der Waals surface area contributed by atoms with Crippen molar-refractivity contribution in [2.45, 2.75) is 32.6 Å². The third-order valence-corrected chi connectivity index (χ3v) is 4.54. The van der Waals surface area contributed by atoms with Crippen LogP contribution < -0.4 is 9.64 Å². The topological polar surface area (TPSA) is 49.9 Å². The van der Waals surface area contributed by atoms with E-state index in [2.05, 4.69) is 4.90 Å². The first-order valence-corrected chi connectivity index (χ1v) is 8.52. The van der Waals surface area contributed by atoms with Gasteiger partial charge < -0.3 is 14.5 Å². The lowest BCUT2D eigenvalue weighted by Gasteiger charge is -2.31. The Morgan fingerprint density at radius 2 is 2.00 bits per heavy atom. The molecule has 1 amide bonds. The number of carbonyl (C=O) groups is 2. The van der Waals surface area contributed by atoms with Crippen molar-refractivity contribution in [1.82, 2.24) is 4.90 Å². The molecule has 0 aromatic heterocycles. The van der Waals surface area contributed by atoms with Gasteiger partial charge in [-0.1, -0.05) is 6.92 Å². The quantitative estimate of drug-likeness (QED) is 0.757. The third-order valence-electron chi connectivity index (χ3n) is 4.54. The molecule has 1 aromatic rings. The zero-order valence-electron chi connectivity index (χ0n) is 13.7. The molecule has 2 aliphatic rings. The SMILES string of the molecule is CCCC(=O)c1ccc2c(c1)N(CCN1CCCC1)C(=O)CO2. The zero-order valence-corrected chi connectivity index (χ0v) is 13.7. The first kappa shape index (κ1) is 16.0. The molecule has 5 heteroatoms. The van der Waals surface area contributed by atoms with E-state index in [0.717, 1.165) is 31.7 Å². The number of likely N-dealkylation sites (tertiary alicyclic amines) is 1. The molecule has 0 radical (unpaired) electrons. The fourth-order valence-corrected chi connectivity index (χ4v) is 3.24. The van der Waals surface area contributed by atoms with Gasteiger partial charge in [0.05, 0.1) is 5.69 Å². The van der Waals surface area contributed by atoms with Gasteiger partial charge in [0, 0.05) is 25.1 Å². The number of fused-ring (bicyclic) bond motifs is 1. The molecule has 124 valence electrons. The smallest absolute Gasteiger partial charge is 0.265 e. The molecule has 0 saturated carbocycles. The maximum atomic E-state index is 12.3. The second-order valence-electron chi connectivity index (χ2n) is 6.24. The van der Waals surface area contributed by atoms with Gasteiger partial charge in [0.1, 0.15) is 5.75 Å². The van der Waals surface area contributed by atoms with Crippen LogP contribution in [0.25, 0.3) is 0 Å². The van der Waals surface area contributed by atoms with Gasteiger partial charge in [-0.2, -0.15) is 0 Å². The molecule has 1 aromatic carbocycles. The maximum Gasteiger partial charge on any atom is 0.265 e. The number of ketones is 1. The van der Waals surface area contributed by atoms with Gasteiger partial charge in [0.15, 0.2) is 12.4 Å². The van der Waals surface area contributed by atoms with Gasteiger partial charge in [-0.05, 0) is 50.6 Å². The normalized spacial score (nSPS) is 18.0. The van der Waals surface area contributed by atoms with Crippen LogP contribution in [0.15, 0.2) is 18.2 Å². The lowest BCUT2D eigenvalue weighted by atomic mass is 10.0. The number of rotatable bonds is 6. The van der Waals surface area contributed by atoms with Gasteiger partial charge in [-0.3, -0.25) is 9.59 Å². The summed E-state index contributed by atoms with van der Waals surface area (Å²) in [6.07, 6.45) is 3.83. The highest BCUT2D eigenvalue weighted by Gasteiger charge is 2.27. The summed E-state index contributed by atoms with van der Waals surface area (Å²) >= 11 is 0. The first-order valence-electron chi connectivity index (χ1n) is 8.52. The highest BCUT2D eigenvalue weighted by Crippen LogP contribution is 2.33. The van der Waals surface area contributed by atoms with Crippen LogP contribution in [-0.4, -0.2) is 49.4 Å². The largest absolute Gasteiger partial charge is 0.482 e. The van der Waals surface area contributed by atoms with Crippen LogP contribution in [0.5, 0.6) is 5.75 Å². The second-order valence-corrected chi connectivity index (χ2v) is 6.24. The molecule has 2 aliphatic heterocycles. The first-order chi connectivity index (χ1) is 11.2. The fourth-order valence-electron chi connectivity index (χ4n) is 3.24. The number of hydrogen-bond donors (Lipinski definition) is 0. The molecule has 0 unspecified atom stereocenters. The van der Waals surface area contributed by atoms with Crippen molar-refractivity contribution in [2.75, 3.05) is 37.7 Å². The van der Waals surface area contributed by atoms with Crippen molar-refractivity contribution in [3.05, 3.63) is 23.8 Å². The fraction of sp³-hybridized carbons (Fsp3) is 0.556. The molecular formula is C18H24N2O3. The Morgan fingerprint density at radius 1 is 1.22 bits per heavy atom. The average molecular weight is 316 g/mol. The van der Waals surface area contributed by atoms with Crippen molar-refractivity contribution in [3.8, 4) is 5.75 Å². The summed E-state index contributed by atoms with van der Waals surface area (Å²) < 4.78 is 5.52. The summed E-state index contributed by atoms with van der Waals surface area (Å²) in [6.45, 7) is 5.82. The van der Waals surface area contributed by atoms with E-state index >= 15 is 0 Å². The Balaban J connectivity index is 1.79. The lowest BCUT2D eigenvalue weighted by Crippen LogP contribution is -2.43. The van der Waals surface area contributed by atoms with Gasteiger partial charge in [0.25, 0.3) is 5.91 Å². The monoisotopic (exact) mass is 316 g/mol. The molecular weight excluding hydrogens is 292 g/mol. The van der Waals surface area contributed by atoms with Gasteiger partial charge in [-0.25, -0.2) is 0 Å². The van der Waals surface area contributed by atoms with Crippen molar-refractivity contribution in [1.29, 1.82) is 0 Å². The number of anilines is 1. The van der Waals surface area contributed by atoms with E-state index in [0.29, 0.717) is 24.3 Å². The van der Waals surface area contributed by atoms with E-state index in [1.807, 2.05) is 19.1 Å². The van der Waals surface area contributed by atoms with Crippen LogP contribution in [0, 0.1) is 0 Å². The summed E-state index contributed by atoms with van der Waals surface area (Å²) in [4.78, 5) is 28.6. The van der Waals surface area contributed by atoms with E-state index in [4.69, 9.17) is 4.74 Å². The van der Waals surface area contributed by atoms with E-state index < -0.39 is 0 Å². The Hall–Kier alpha value is -1.88. The van der Waals surface area contributed by atoms with Crippen molar-refractivity contribution >= 4 is 17.4 Å². The number of Topliss-reactive ketones (excluding diaryl/α,β-unsaturated/α-hetero) is 1. The molecule has 23 heavy (non-hydrogen) atoms. The lowest BCUT2D eigenvalue weighted by molar-refractivity contribution is -0.121. The van der Waals surface area contributed by atoms with Crippen LogP contribution in [0.2, 0.25) is 0 Å². The summed E-state index contributed by atoms with van der Waals surface area (Å²) in [6, 6.07) is 5.42. The highest BCUT2D eigenvalue weighted by molar-refractivity contribution is 6.01. The van der Waals surface area contributed by atoms with Crippen molar-refractivity contribution in [3.63, 3.8) is 0 Å². The Bertz CT molecular complexity index is 594. The van der Waals surface area contributed by atoms with Crippen molar-refractivity contribution in [2.24, 2.45) is 0 Å². The molecule has 0 bridgehead atoms. The minimum Gasteiger partial charge on any atom is -0.482 e. The molecule has 2 heterocycles. The average Bonchev–Trinajstić information content (AvgIpc) is 3.07. The van der Waals surface area contributed by atoms with Crippen LogP contribution in [0.1, 0.15) is 43.0 Å². The molecule has 1 saturated heterocycles. The maximum absolute atomic E-state index is 12.3. The van der Waals surface area contributed by atoms with E-state index in [9.17, 15) is 9.59 Å². The van der Waals surface area contributed by atoms with Gasteiger partial charge >= 0.3 is 0 Å². The molecule has 0 spiro atoms. The Labute approximate surface area is 137 Å². The second kappa shape index (κ2) is 7.13. The van der Waals surface area contributed by atoms with Crippen LogP contribution in [-0.2, 0) is 4.79 Å². The summed E-state index contributed by atoms with van der Waals surface area (Å²) in [5.74, 6) is 0.781. The number of carbonyl (C=O) groups excluding carboxylic acids is 2. The Kier molecular flexibility index (Phi) is 4.96. The highest BCUT2D eigenvalue weighted by atomic mass is 16.5. The van der Waals surface area contributed by atoms with Crippen LogP contribution >= 0.6 is 0 Å². The molecule has 1 fully saturated rings. The van der Waals surface area contributed by atoms with Gasteiger partial charge in [0.2, 0.25) is 0 Å². The summed E-state index contributed by atoms with van der Waals surface area (Å²) in [5, 5.41) is 0.